The molecule has 0 amide bonds. The lowest BCUT2D eigenvalue weighted by atomic mass is 9.93. The molecular weight excluding hydrogens is 262 g/mol. The average molecular weight is 289 g/mol. The Labute approximate surface area is 127 Å². The van der Waals surface area contributed by atoms with Gasteiger partial charge in [-0.3, -0.25) is 0 Å². The first-order valence-electron chi connectivity index (χ1n) is 8.22. The highest BCUT2D eigenvalue weighted by molar-refractivity contribution is 5.51. The normalized spacial score (nSPS) is 25.8. The van der Waals surface area contributed by atoms with Crippen molar-refractivity contribution in [3.05, 3.63) is 22.9 Å². The molecule has 0 aromatic carbocycles. The Morgan fingerprint density at radius 3 is 2.95 bits per heavy atom. The van der Waals surface area contributed by atoms with Gasteiger partial charge in [-0.05, 0) is 49.7 Å². The fourth-order valence-corrected chi connectivity index (χ4v) is 3.63. The molecule has 2 N–H and O–H groups in total. The van der Waals surface area contributed by atoms with Crippen molar-refractivity contribution in [2.24, 2.45) is 11.7 Å². The molecule has 21 heavy (non-hydrogen) atoms. The number of hydrogen-bond acceptors (Lipinski definition) is 4. The van der Waals surface area contributed by atoms with Crippen LogP contribution in [0.4, 0.5) is 5.82 Å². The van der Waals surface area contributed by atoms with Crippen LogP contribution in [-0.2, 0) is 24.1 Å². The predicted molar refractivity (Wildman–Crippen MR) is 85.6 cm³/mol. The Balaban J connectivity index is 1.90. The highest BCUT2D eigenvalue weighted by atomic mass is 16.5. The third-order valence-electron chi connectivity index (χ3n) is 5.07. The quantitative estimate of drug-likeness (QED) is 0.927. The van der Waals surface area contributed by atoms with E-state index in [1.807, 2.05) is 7.11 Å². The monoisotopic (exact) mass is 289 g/mol. The molecule has 1 aromatic heterocycles. The summed E-state index contributed by atoms with van der Waals surface area (Å²) < 4.78 is 5.64. The molecule has 1 fully saturated rings. The molecule has 4 nitrogen and oxygen atoms in total. The summed E-state index contributed by atoms with van der Waals surface area (Å²) in [4.78, 5) is 7.37. The molecule has 116 valence electrons. The molecule has 4 heteroatoms. The van der Waals surface area contributed by atoms with E-state index in [1.165, 1.54) is 29.7 Å². The van der Waals surface area contributed by atoms with Gasteiger partial charge in [-0.25, -0.2) is 4.98 Å². The van der Waals surface area contributed by atoms with Gasteiger partial charge in [0.2, 0.25) is 0 Å². The number of rotatable bonds is 3. The van der Waals surface area contributed by atoms with Gasteiger partial charge >= 0.3 is 0 Å². The van der Waals surface area contributed by atoms with Gasteiger partial charge < -0.3 is 15.4 Å². The first-order valence-corrected chi connectivity index (χ1v) is 8.22. The maximum Gasteiger partial charge on any atom is 0.133 e. The zero-order valence-electron chi connectivity index (χ0n) is 13.3. The van der Waals surface area contributed by atoms with E-state index in [0.29, 0.717) is 18.6 Å². The van der Waals surface area contributed by atoms with Crippen molar-refractivity contribution >= 4 is 5.82 Å². The number of pyridine rings is 1. The van der Waals surface area contributed by atoms with Gasteiger partial charge in [-0.2, -0.15) is 0 Å². The van der Waals surface area contributed by atoms with Crippen LogP contribution in [-0.4, -0.2) is 31.3 Å². The summed E-state index contributed by atoms with van der Waals surface area (Å²) in [5.41, 5.74) is 9.89. The summed E-state index contributed by atoms with van der Waals surface area (Å²) in [6, 6.07) is 2.30. The molecule has 2 atom stereocenters. The molecule has 1 aliphatic heterocycles. The molecule has 1 saturated heterocycles. The van der Waals surface area contributed by atoms with E-state index in [4.69, 9.17) is 15.5 Å². The number of aryl methyl sites for hydroxylation is 2. The minimum atomic E-state index is 0.294. The van der Waals surface area contributed by atoms with Crippen LogP contribution in [0.25, 0.3) is 0 Å². The number of ether oxygens (including phenoxy) is 1. The van der Waals surface area contributed by atoms with E-state index in [0.717, 1.165) is 38.2 Å². The molecule has 0 bridgehead atoms. The van der Waals surface area contributed by atoms with Gasteiger partial charge in [0, 0.05) is 38.0 Å². The van der Waals surface area contributed by atoms with Crippen LogP contribution in [0.15, 0.2) is 6.07 Å². The SMILES string of the molecule is COC1CN(c2nc3c(cc2CN)CCCC3)CCC1C. The summed E-state index contributed by atoms with van der Waals surface area (Å²) in [6.45, 7) is 4.82. The van der Waals surface area contributed by atoms with Crippen molar-refractivity contribution in [1.82, 2.24) is 4.98 Å². The van der Waals surface area contributed by atoms with Gasteiger partial charge in [-0.15, -0.1) is 0 Å². The minimum Gasteiger partial charge on any atom is -0.379 e. The molecule has 2 unspecified atom stereocenters. The fourth-order valence-electron chi connectivity index (χ4n) is 3.63. The molecule has 0 spiro atoms. The van der Waals surface area contributed by atoms with Gasteiger partial charge in [0.05, 0.1) is 6.10 Å². The average Bonchev–Trinajstić information content (AvgIpc) is 2.54. The van der Waals surface area contributed by atoms with Crippen molar-refractivity contribution in [2.75, 3.05) is 25.1 Å². The molecule has 2 aliphatic rings. The van der Waals surface area contributed by atoms with Crippen LogP contribution < -0.4 is 10.6 Å². The number of hydrogen-bond donors (Lipinski definition) is 1. The van der Waals surface area contributed by atoms with Crippen molar-refractivity contribution in [3.8, 4) is 0 Å². The van der Waals surface area contributed by atoms with Crippen LogP contribution in [0, 0.1) is 5.92 Å². The number of nitrogens with zero attached hydrogens (tertiary/aromatic N) is 2. The van der Waals surface area contributed by atoms with Crippen molar-refractivity contribution in [2.45, 2.75) is 51.7 Å². The van der Waals surface area contributed by atoms with Crippen molar-refractivity contribution in [1.29, 1.82) is 0 Å². The minimum absolute atomic E-state index is 0.294. The number of fused-ring (bicyclic) bond motifs is 1. The zero-order chi connectivity index (χ0) is 14.8. The highest BCUT2D eigenvalue weighted by Gasteiger charge is 2.28. The van der Waals surface area contributed by atoms with Crippen molar-refractivity contribution < 1.29 is 4.74 Å². The van der Waals surface area contributed by atoms with E-state index in [2.05, 4.69) is 17.9 Å². The number of piperidine rings is 1. The molecule has 3 rings (SSSR count). The lowest BCUT2D eigenvalue weighted by molar-refractivity contribution is 0.0496. The highest BCUT2D eigenvalue weighted by Crippen LogP contribution is 2.30. The molecular formula is C17H27N3O. The second-order valence-corrected chi connectivity index (χ2v) is 6.47. The third kappa shape index (κ3) is 2.92. The first-order chi connectivity index (χ1) is 10.2. The Hall–Kier alpha value is -1.13. The van der Waals surface area contributed by atoms with Crippen LogP contribution >= 0.6 is 0 Å². The van der Waals surface area contributed by atoms with E-state index in [9.17, 15) is 0 Å². The van der Waals surface area contributed by atoms with Crippen LogP contribution in [0.5, 0.6) is 0 Å². The lowest BCUT2D eigenvalue weighted by Gasteiger charge is -2.38. The Morgan fingerprint density at radius 2 is 2.19 bits per heavy atom. The smallest absolute Gasteiger partial charge is 0.133 e. The molecule has 1 aromatic rings. The summed E-state index contributed by atoms with van der Waals surface area (Å²) in [5.74, 6) is 1.72. The summed E-state index contributed by atoms with van der Waals surface area (Å²) in [6.07, 6.45) is 6.27. The largest absolute Gasteiger partial charge is 0.379 e. The number of nitrogens with two attached hydrogens (primary N) is 1. The number of methoxy groups -OCH3 is 1. The first kappa shape index (κ1) is 14.8. The Bertz CT molecular complexity index is 503. The Morgan fingerprint density at radius 1 is 1.38 bits per heavy atom. The second-order valence-electron chi connectivity index (χ2n) is 6.47. The van der Waals surface area contributed by atoms with Gasteiger partial charge in [0.15, 0.2) is 0 Å². The number of aromatic nitrogens is 1. The predicted octanol–water partition coefficient (Wildman–Crippen LogP) is 2.28. The van der Waals surface area contributed by atoms with Crippen molar-refractivity contribution in [3.63, 3.8) is 0 Å². The molecule has 0 radical (unpaired) electrons. The lowest BCUT2D eigenvalue weighted by Crippen LogP contribution is -2.44. The van der Waals surface area contributed by atoms with E-state index >= 15 is 0 Å². The summed E-state index contributed by atoms with van der Waals surface area (Å²) in [5, 5.41) is 0. The third-order valence-corrected chi connectivity index (χ3v) is 5.07. The van der Waals surface area contributed by atoms with Crippen LogP contribution in [0.2, 0.25) is 0 Å². The standard InChI is InChI=1S/C17H27N3O/c1-12-7-8-20(11-16(12)21-2)17-14(10-18)9-13-5-3-4-6-15(13)19-17/h9,12,16H,3-8,10-11,18H2,1-2H3. The summed E-state index contributed by atoms with van der Waals surface area (Å²) in [7, 11) is 1.81. The van der Waals surface area contributed by atoms with Crippen LogP contribution in [0.3, 0.4) is 0 Å². The van der Waals surface area contributed by atoms with Gasteiger partial charge in [0.1, 0.15) is 5.82 Å². The maximum atomic E-state index is 5.99. The van der Waals surface area contributed by atoms with Crippen LogP contribution in [0.1, 0.15) is 43.0 Å². The van der Waals surface area contributed by atoms with E-state index in [1.54, 1.807) is 0 Å². The topological polar surface area (TPSA) is 51.4 Å². The number of anilines is 1. The van der Waals surface area contributed by atoms with Gasteiger partial charge in [0.25, 0.3) is 0 Å². The zero-order valence-corrected chi connectivity index (χ0v) is 13.3. The maximum absolute atomic E-state index is 5.99. The second kappa shape index (κ2) is 6.32. The van der Waals surface area contributed by atoms with E-state index in [-0.39, 0.29) is 0 Å². The summed E-state index contributed by atoms with van der Waals surface area (Å²) >= 11 is 0. The van der Waals surface area contributed by atoms with Gasteiger partial charge in [-0.1, -0.05) is 6.92 Å². The fraction of sp³-hybridized carbons (Fsp3) is 0.706. The molecule has 1 aliphatic carbocycles. The Kier molecular flexibility index (Phi) is 4.45. The molecule has 2 heterocycles. The van der Waals surface area contributed by atoms with E-state index < -0.39 is 0 Å². The molecule has 0 saturated carbocycles.